The predicted molar refractivity (Wildman–Crippen MR) is 96.2 cm³/mol. The molecule has 1 aliphatic heterocycles. The SMILES string of the molecule is COC1C(=O)N(C)C(=N)NC1(C)c1cc(-c2ccc(F)c(C#N)c2)cs1. The van der Waals surface area contributed by atoms with Crippen molar-refractivity contribution in [1.29, 1.82) is 10.7 Å². The molecule has 2 aromatic rings. The molecule has 0 saturated carbocycles. The summed E-state index contributed by atoms with van der Waals surface area (Å²) in [5.41, 5.74) is 0.580. The number of nitrogens with one attached hydrogen (secondary N) is 2. The third-order valence-corrected chi connectivity index (χ3v) is 5.73. The van der Waals surface area contributed by atoms with Crippen molar-refractivity contribution in [2.75, 3.05) is 14.2 Å². The van der Waals surface area contributed by atoms with Crippen LogP contribution in [0.3, 0.4) is 0 Å². The van der Waals surface area contributed by atoms with Crippen molar-refractivity contribution in [3.63, 3.8) is 0 Å². The Morgan fingerprint density at radius 3 is 2.81 bits per heavy atom. The molecule has 0 aliphatic carbocycles. The molecular weight excluding hydrogens is 355 g/mol. The monoisotopic (exact) mass is 372 g/mol. The molecule has 0 radical (unpaired) electrons. The summed E-state index contributed by atoms with van der Waals surface area (Å²) in [7, 11) is 2.98. The van der Waals surface area contributed by atoms with E-state index < -0.39 is 17.5 Å². The molecule has 3 rings (SSSR count). The number of carbonyl (C=O) groups excluding carboxylic acids is 1. The van der Waals surface area contributed by atoms with Gasteiger partial charge < -0.3 is 10.1 Å². The number of benzene rings is 1. The van der Waals surface area contributed by atoms with Gasteiger partial charge in [0, 0.05) is 19.0 Å². The number of likely N-dealkylation sites (N-methyl/N-ethyl adjacent to an activating group) is 1. The smallest absolute Gasteiger partial charge is 0.260 e. The van der Waals surface area contributed by atoms with Crippen molar-refractivity contribution in [3.05, 3.63) is 45.9 Å². The number of nitriles is 1. The standard InChI is InChI=1S/C18H17FN4O2S/c1-18(15(25-3)16(24)23(2)17(21)22-18)14-7-12(9-26-14)10-4-5-13(19)11(6-10)8-20/h4-7,9,15H,1-3H3,(H2,21,22). The van der Waals surface area contributed by atoms with Crippen molar-refractivity contribution in [2.24, 2.45) is 0 Å². The summed E-state index contributed by atoms with van der Waals surface area (Å²) < 4.78 is 19.0. The van der Waals surface area contributed by atoms with Crippen LogP contribution in [0.1, 0.15) is 17.4 Å². The van der Waals surface area contributed by atoms with Crippen LogP contribution < -0.4 is 5.32 Å². The second-order valence-corrected chi connectivity index (χ2v) is 7.11. The Labute approximate surface area is 154 Å². The van der Waals surface area contributed by atoms with E-state index in [-0.39, 0.29) is 17.4 Å². The van der Waals surface area contributed by atoms with Crippen LogP contribution in [0.5, 0.6) is 0 Å². The second kappa shape index (κ2) is 6.52. The van der Waals surface area contributed by atoms with E-state index in [9.17, 15) is 9.18 Å². The van der Waals surface area contributed by atoms with Crippen LogP contribution in [-0.4, -0.2) is 37.0 Å². The normalized spacial score (nSPS) is 22.9. The molecule has 2 unspecified atom stereocenters. The van der Waals surface area contributed by atoms with E-state index in [0.717, 1.165) is 10.4 Å². The Kier molecular flexibility index (Phi) is 4.52. The van der Waals surface area contributed by atoms with Gasteiger partial charge in [-0.2, -0.15) is 5.26 Å². The van der Waals surface area contributed by atoms with Gasteiger partial charge in [-0.15, -0.1) is 11.3 Å². The van der Waals surface area contributed by atoms with E-state index in [1.54, 1.807) is 6.07 Å². The number of methoxy groups -OCH3 is 1. The number of hydrogen-bond donors (Lipinski definition) is 2. The van der Waals surface area contributed by atoms with E-state index >= 15 is 0 Å². The van der Waals surface area contributed by atoms with Crippen molar-refractivity contribution in [3.8, 4) is 17.2 Å². The first-order chi connectivity index (χ1) is 12.3. The van der Waals surface area contributed by atoms with Crippen LogP contribution in [0.25, 0.3) is 11.1 Å². The summed E-state index contributed by atoms with van der Waals surface area (Å²) in [6.45, 7) is 1.81. The Bertz CT molecular complexity index is 936. The average Bonchev–Trinajstić information content (AvgIpc) is 3.11. The number of nitrogens with zero attached hydrogens (tertiary/aromatic N) is 2. The van der Waals surface area contributed by atoms with Gasteiger partial charge in [0.25, 0.3) is 5.91 Å². The number of guanidine groups is 1. The fourth-order valence-electron chi connectivity index (χ4n) is 3.01. The summed E-state index contributed by atoms with van der Waals surface area (Å²) in [5.74, 6) is -0.870. The lowest BCUT2D eigenvalue weighted by Crippen LogP contribution is -2.66. The lowest BCUT2D eigenvalue weighted by Gasteiger charge is -2.43. The fraction of sp³-hybridized carbons (Fsp3) is 0.278. The highest BCUT2D eigenvalue weighted by Gasteiger charge is 2.48. The molecule has 134 valence electrons. The van der Waals surface area contributed by atoms with Crippen LogP contribution in [0, 0.1) is 22.6 Å². The molecule has 2 N–H and O–H groups in total. The first-order valence-electron chi connectivity index (χ1n) is 7.78. The molecule has 1 aliphatic rings. The zero-order valence-electron chi connectivity index (χ0n) is 14.5. The Morgan fingerprint density at radius 1 is 1.42 bits per heavy atom. The average molecular weight is 372 g/mol. The van der Waals surface area contributed by atoms with Crippen molar-refractivity contribution in [1.82, 2.24) is 10.2 Å². The topological polar surface area (TPSA) is 89.2 Å². The van der Waals surface area contributed by atoms with Crippen LogP contribution in [0.4, 0.5) is 4.39 Å². The van der Waals surface area contributed by atoms with Gasteiger partial charge in [-0.1, -0.05) is 6.07 Å². The molecule has 1 aromatic heterocycles. The van der Waals surface area contributed by atoms with Gasteiger partial charge in [0.1, 0.15) is 17.4 Å². The van der Waals surface area contributed by atoms with Crippen LogP contribution in [0.2, 0.25) is 0 Å². The van der Waals surface area contributed by atoms with Crippen molar-refractivity contribution >= 4 is 23.2 Å². The Morgan fingerprint density at radius 2 is 2.15 bits per heavy atom. The van der Waals surface area contributed by atoms with E-state index in [0.29, 0.717) is 5.56 Å². The minimum atomic E-state index is -0.906. The first-order valence-corrected chi connectivity index (χ1v) is 8.66. The largest absolute Gasteiger partial charge is 0.369 e. The number of carbonyl (C=O) groups is 1. The fourth-order valence-corrected chi connectivity index (χ4v) is 4.06. The highest BCUT2D eigenvalue weighted by Crippen LogP contribution is 2.37. The zero-order valence-corrected chi connectivity index (χ0v) is 15.3. The molecule has 1 aromatic carbocycles. The van der Waals surface area contributed by atoms with E-state index in [2.05, 4.69) is 5.32 Å². The number of hydrogen-bond acceptors (Lipinski definition) is 5. The molecule has 2 atom stereocenters. The number of thiophene rings is 1. The number of rotatable bonds is 3. The summed E-state index contributed by atoms with van der Waals surface area (Å²) in [6.07, 6.45) is -0.795. The lowest BCUT2D eigenvalue weighted by molar-refractivity contribution is -0.144. The van der Waals surface area contributed by atoms with Gasteiger partial charge in [-0.05, 0) is 41.6 Å². The highest BCUT2D eigenvalue weighted by molar-refractivity contribution is 7.10. The number of ether oxygens (including phenoxy) is 1. The molecular formula is C18H17FN4O2S. The molecule has 1 saturated heterocycles. The van der Waals surface area contributed by atoms with Gasteiger partial charge >= 0.3 is 0 Å². The lowest BCUT2D eigenvalue weighted by atomic mass is 9.89. The van der Waals surface area contributed by atoms with Crippen molar-refractivity contribution < 1.29 is 13.9 Å². The molecule has 2 heterocycles. The van der Waals surface area contributed by atoms with E-state index in [4.69, 9.17) is 15.4 Å². The van der Waals surface area contributed by atoms with Gasteiger partial charge in [0.05, 0.1) is 5.56 Å². The number of amides is 1. The number of halogens is 1. The first kappa shape index (κ1) is 18.0. The van der Waals surface area contributed by atoms with Crippen LogP contribution in [-0.2, 0) is 15.1 Å². The summed E-state index contributed by atoms with van der Waals surface area (Å²) in [6, 6.07) is 8.06. The summed E-state index contributed by atoms with van der Waals surface area (Å²) in [5, 5.41) is 21.9. The molecule has 1 amide bonds. The van der Waals surface area contributed by atoms with E-state index in [1.807, 2.05) is 24.4 Å². The summed E-state index contributed by atoms with van der Waals surface area (Å²) >= 11 is 1.41. The predicted octanol–water partition coefficient (Wildman–Crippen LogP) is 2.65. The third-order valence-electron chi connectivity index (χ3n) is 4.56. The Hall–Kier alpha value is -2.76. The molecule has 6 nitrogen and oxygen atoms in total. The van der Waals surface area contributed by atoms with Crippen molar-refractivity contribution in [2.45, 2.75) is 18.6 Å². The van der Waals surface area contributed by atoms with Crippen LogP contribution >= 0.6 is 11.3 Å². The minimum absolute atomic E-state index is 0.00528. The third kappa shape index (κ3) is 2.75. The summed E-state index contributed by atoms with van der Waals surface area (Å²) in [4.78, 5) is 14.5. The van der Waals surface area contributed by atoms with Gasteiger partial charge in [-0.3, -0.25) is 15.1 Å². The van der Waals surface area contributed by atoms with E-state index in [1.165, 1.54) is 42.5 Å². The van der Waals surface area contributed by atoms with Gasteiger partial charge in [0.2, 0.25) is 0 Å². The molecule has 8 heteroatoms. The maximum absolute atomic E-state index is 13.6. The molecule has 0 bridgehead atoms. The zero-order chi connectivity index (χ0) is 19.1. The van der Waals surface area contributed by atoms with Gasteiger partial charge in [0.15, 0.2) is 12.1 Å². The molecule has 0 spiro atoms. The Balaban J connectivity index is 2.02. The minimum Gasteiger partial charge on any atom is -0.369 e. The molecule has 26 heavy (non-hydrogen) atoms. The van der Waals surface area contributed by atoms with Gasteiger partial charge in [-0.25, -0.2) is 4.39 Å². The second-order valence-electron chi connectivity index (χ2n) is 6.20. The maximum atomic E-state index is 13.6. The quantitative estimate of drug-likeness (QED) is 0.867. The maximum Gasteiger partial charge on any atom is 0.260 e. The molecule has 1 fully saturated rings. The highest BCUT2D eigenvalue weighted by atomic mass is 32.1. The van der Waals surface area contributed by atoms with Crippen LogP contribution in [0.15, 0.2) is 29.6 Å².